The smallest absolute Gasteiger partial charge is 0.342 e. The highest BCUT2D eigenvalue weighted by Crippen LogP contribution is 2.25. The Morgan fingerprint density at radius 1 is 1.08 bits per heavy atom. The van der Waals surface area contributed by atoms with Gasteiger partial charge >= 0.3 is 11.9 Å². The highest BCUT2D eigenvalue weighted by Gasteiger charge is 2.47. The van der Waals surface area contributed by atoms with Gasteiger partial charge in [0.05, 0.1) is 0 Å². The molecule has 4 N–H and O–H groups in total. The van der Waals surface area contributed by atoms with Gasteiger partial charge in [-0.25, -0.2) is 4.79 Å². The number of esters is 2. The number of carbonyl (C=O) groups is 2. The zero-order valence-electron chi connectivity index (χ0n) is 15.0. The van der Waals surface area contributed by atoms with Crippen LogP contribution in [0.4, 0.5) is 0 Å². The molecule has 0 unspecified atom stereocenters. The molecule has 24 heavy (non-hydrogen) atoms. The SMILES string of the molecule is CC(C)[C@H](C(=O)OC(C)(C)C)C(N)(N)C(=O)OCc1ccccc1. The van der Waals surface area contributed by atoms with Crippen LogP contribution in [-0.4, -0.2) is 23.2 Å². The van der Waals surface area contributed by atoms with Gasteiger partial charge in [-0.3, -0.25) is 4.79 Å². The fourth-order valence-electron chi connectivity index (χ4n) is 2.36. The van der Waals surface area contributed by atoms with Crippen molar-refractivity contribution in [1.29, 1.82) is 0 Å². The molecule has 6 nitrogen and oxygen atoms in total. The number of ether oxygens (including phenoxy) is 2. The van der Waals surface area contributed by atoms with Gasteiger partial charge in [0.2, 0.25) is 0 Å². The van der Waals surface area contributed by atoms with Crippen molar-refractivity contribution >= 4 is 11.9 Å². The van der Waals surface area contributed by atoms with Crippen LogP contribution in [0.1, 0.15) is 40.2 Å². The highest BCUT2D eigenvalue weighted by molar-refractivity contribution is 5.88. The molecule has 1 aromatic rings. The summed E-state index contributed by atoms with van der Waals surface area (Å²) < 4.78 is 10.6. The van der Waals surface area contributed by atoms with E-state index < -0.39 is 29.1 Å². The fourth-order valence-corrected chi connectivity index (χ4v) is 2.36. The van der Waals surface area contributed by atoms with E-state index in [0.29, 0.717) is 0 Å². The van der Waals surface area contributed by atoms with E-state index in [1.165, 1.54) is 0 Å². The molecular formula is C18H28N2O4. The maximum Gasteiger partial charge on any atom is 0.342 e. The molecule has 0 amide bonds. The number of benzene rings is 1. The largest absolute Gasteiger partial charge is 0.460 e. The van der Waals surface area contributed by atoms with Gasteiger partial charge in [-0.1, -0.05) is 44.2 Å². The van der Waals surface area contributed by atoms with E-state index in [9.17, 15) is 9.59 Å². The van der Waals surface area contributed by atoms with E-state index in [-0.39, 0.29) is 12.5 Å². The molecule has 1 rings (SSSR count). The molecule has 0 aliphatic heterocycles. The van der Waals surface area contributed by atoms with Crippen LogP contribution in [0, 0.1) is 11.8 Å². The number of hydrogen-bond acceptors (Lipinski definition) is 6. The van der Waals surface area contributed by atoms with Crippen molar-refractivity contribution in [2.45, 2.75) is 52.5 Å². The second-order valence-electron chi connectivity index (χ2n) is 7.25. The molecule has 134 valence electrons. The predicted octanol–water partition coefficient (Wildman–Crippen LogP) is 1.96. The number of carbonyl (C=O) groups excluding carboxylic acids is 2. The molecule has 0 radical (unpaired) electrons. The summed E-state index contributed by atoms with van der Waals surface area (Å²) in [6.45, 7) is 8.77. The standard InChI is InChI=1S/C18H28N2O4/c1-12(2)14(15(21)24-17(3,4)5)18(19,20)16(22)23-11-13-9-7-6-8-10-13/h6-10,12,14H,11,19-20H2,1-5H3/t14-/m1/s1. The summed E-state index contributed by atoms with van der Waals surface area (Å²) in [7, 11) is 0. The van der Waals surface area contributed by atoms with Gasteiger partial charge < -0.3 is 20.9 Å². The van der Waals surface area contributed by atoms with Crippen molar-refractivity contribution in [3.63, 3.8) is 0 Å². The monoisotopic (exact) mass is 336 g/mol. The molecule has 0 saturated heterocycles. The zero-order valence-corrected chi connectivity index (χ0v) is 15.0. The lowest BCUT2D eigenvalue weighted by Gasteiger charge is -2.34. The van der Waals surface area contributed by atoms with Crippen LogP contribution < -0.4 is 11.5 Å². The van der Waals surface area contributed by atoms with Crippen molar-refractivity contribution < 1.29 is 19.1 Å². The van der Waals surface area contributed by atoms with Crippen LogP contribution >= 0.6 is 0 Å². The molecule has 6 heteroatoms. The second-order valence-corrected chi connectivity index (χ2v) is 7.25. The maximum absolute atomic E-state index is 12.4. The molecular weight excluding hydrogens is 308 g/mol. The Bertz CT molecular complexity index is 562. The topological polar surface area (TPSA) is 105 Å². The zero-order chi connectivity index (χ0) is 18.5. The van der Waals surface area contributed by atoms with Crippen LogP contribution in [0.2, 0.25) is 0 Å². The molecule has 1 atom stereocenters. The number of nitrogens with two attached hydrogens (primary N) is 2. The summed E-state index contributed by atoms with van der Waals surface area (Å²) in [5.41, 5.74) is 10.1. The van der Waals surface area contributed by atoms with Crippen molar-refractivity contribution in [2.75, 3.05) is 0 Å². The molecule has 0 aliphatic carbocycles. The third-order valence-corrected chi connectivity index (χ3v) is 3.41. The Morgan fingerprint density at radius 2 is 1.62 bits per heavy atom. The highest BCUT2D eigenvalue weighted by atomic mass is 16.6. The van der Waals surface area contributed by atoms with Gasteiger partial charge in [-0.2, -0.15) is 0 Å². The first-order chi connectivity index (χ1) is 10.9. The van der Waals surface area contributed by atoms with Gasteiger partial charge in [0, 0.05) is 0 Å². The van der Waals surface area contributed by atoms with Gasteiger partial charge in [0.15, 0.2) is 5.66 Å². The van der Waals surface area contributed by atoms with Crippen LogP contribution in [0.5, 0.6) is 0 Å². The molecule has 0 heterocycles. The summed E-state index contributed by atoms with van der Waals surface area (Å²) in [6, 6.07) is 9.15. The van der Waals surface area contributed by atoms with Crippen molar-refractivity contribution in [1.82, 2.24) is 0 Å². The summed E-state index contributed by atoms with van der Waals surface area (Å²) in [4.78, 5) is 24.8. The maximum atomic E-state index is 12.4. The number of rotatable bonds is 6. The normalized spacial score (nSPS) is 13.5. The van der Waals surface area contributed by atoms with Gasteiger partial charge in [0.1, 0.15) is 18.1 Å². The Kier molecular flexibility index (Phi) is 6.51. The Hall–Kier alpha value is -1.92. The minimum atomic E-state index is -1.97. The molecule has 0 bridgehead atoms. The third kappa shape index (κ3) is 5.62. The summed E-state index contributed by atoms with van der Waals surface area (Å²) in [5, 5.41) is 0. The average Bonchev–Trinajstić information content (AvgIpc) is 2.43. The first-order valence-corrected chi connectivity index (χ1v) is 7.97. The fraction of sp³-hybridized carbons (Fsp3) is 0.556. The van der Waals surface area contributed by atoms with Crippen molar-refractivity contribution in [3.05, 3.63) is 35.9 Å². The van der Waals surface area contributed by atoms with Crippen LogP contribution in [0.25, 0.3) is 0 Å². The van der Waals surface area contributed by atoms with E-state index >= 15 is 0 Å². The van der Waals surface area contributed by atoms with Gasteiger partial charge in [0.25, 0.3) is 0 Å². The first-order valence-electron chi connectivity index (χ1n) is 7.97. The lowest BCUT2D eigenvalue weighted by Crippen LogP contribution is -2.66. The summed E-state index contributed by atoms with van der Waals surface area (Å²) >= 11 is 0. The Labute approximate surface area is 143 Å². The molecule has 0 spiro atoms. The number of hydrogen-bond donors (Lipinski definition) is 2. The van der Waals surface area contributed by atoms with E-state index in [4.69, 9.17) is 20.9 Å². The van der Waals surface area contributed by atoms with Crippen LogP contribution in [0.3, 0.4) is 0 Å². The lowest BCUT2D eigenvalue weighted by atomic mass is 9.84. The third-order valence-electron chi connectivity index (χ3n) is 3.41. The minimum Gasteiger partial charge on any atom is -0.460 e. The minimum absolute atomic E-state index is 0.0367. The van der Waals surface area contributed by atoms with Crippen molar-refractivity contribution in [2.24, 2.45) is 23.3 Å². The van der Waals surface area contributed by atoms with Gasteiger partial charge in [-0.15, -0.1) is 0 Å². The summed E-state index contributed by atoms with van der Waals surface area (Å²) in [6.07, 6.45) is 0. The van der Waals surface area contributed by atoms with E-state index in [2.05, 4.69) is 0 Å². The van der Waals surface area contributed by atoms with E-state index in [1.54, 1.807) is 34.6 Å². The molecule has 0 fully saturated rings. The quantitative estimate of drug-likeness (QED) is 0.608. The Balaban J connectivity index is 2.87. The first kappa shape index (κ1) is 20.1. The van der Waals surface area contributed by atoms with Crippen molar-refractivity contribution in [3.8, 4) is 0 Å². The molecule has 0 aromatic heterocycles. The molecule has 0 saturated carbocycles. The van der Waals surface area contributed by atoms with E-state index in [0.717, 1.165) is 5.56 Å². The molecule has 0 aliphatic rings. The van der Waals surface area contributed by atoms with Gasteiger partial charge in [-0.05, 0) is 32.3 Å². The van der Waals surface area contributed by atoms with Crippen LogP contribution in [0.15, 0.2) is 30.3 Å². The Morgan fingerprint density at radius 3 is 2.08 bits per heavy atom. The molecule has 1 aromatic carbocycles. The predicted molar refractivity (Wildman–Crippen MR) is 91.5 cm³/mol. The van der Waals surface area contributed by atoms with Crippen LogP contribution in [-0.2, 0) is 25.7 Å². The summed E-state index contributed by atoms with van der Waals surface area (Å²) in [5.74, 6) is -2.76. The lowest BCUT2D eigenvalue weighted by molar-refractivity contribution is -0.172. The second kappa shape index (κ2) is 7.77. The average molecular weight is 336 g/mol. The van der Waals surface area contributed by atoms with E-state index in [1.807, 2.05) is 30.3 Å².